The summed E-state index contributed by atoms with van der Waals surface area (Å²) in [4.78, 5) is 32.6. The zero-order chi connectivity index (χ0) is 14.1. The summed E-state index contributed by atoms with van der Waals surface area (Å²) in [7, 11) is 0. The van der Waals surface area contributed by atoms with E-state index in [1.807, 2.05) is 17.2 Å². The van der Waals surface area contributed by atoms with Crippen LogP contribution in [0.2, 0.25) is 0 Å². The van der Waals surface area contributed by atoms with Gasteiger partial charge in [-0.2, -0.15) is 0 Å². The predicted molar refractivity (Wildman–Crippen MR) is 76.5 cm³/mol. The molecule has 0 spiro atoms. The fourth-order valence-electron chi connectivity index (χ4n) is 3.01. The number of carbonyl (C=O) groups excluding carboxylic acids is 2. The first kappa shape index (κ1) is 13.5. The number of hydrogen-bond donors (Lipinski definition) is 0. The van der Waals surface area contributed by atoms with Crippen LogP contribution in [0.5, 0.6) is 0 Å². The van der Waals surface area contributed by atoms with Gasteiger partial charge in [0.2, 0.25) is 11.8 Å². The molecule has 0 aliphatic carbocycles. The van der Waals surface area contributed by atoms with Crippen molar-refractivity contribution >= 4 is 23.2 Å². The zero-order valence-electron chi connectivity index (χ0n) is 11.7. The van der Waals surface area contributed by atoms with Gasteiger partial charge in [0, 0.05) is 37.9 Å². The molecule has 1 atom stereocenters. The van der Waals surface area contributed by atoms with Crippen molar-refractivity contribution in [3.8, 4) is 0 Å². The Labute approximate surface area is 122 Å². The van der Waals surface area contributed by atoms with Crippen LogP contribution in [-0.2, 0) is 16.0 Å². The van der Waals surface area contributed by atoms with E-state index < -0.39 is 0 Å². The van der Waals surface area contributed by atoms with E-state index in [0.717, 1.165) is 36.5 Å². The lowest BCUT2D eigenvalue weighted by atomic mass is 10.2. The van der Waals surface area contributed by atoms with Crippen molar-refractivity contribution < 1.29 is 9.59 Å². The second-order valence-corrected chi connectivity index (χ2v) is 6.49. The van der Waals surface area contributed by atoms with Gasteiger partial charge in [0.25, 0.3) is 0 Å². The molecule has 108 valence electrons. The molecule has 3 rings (SSSR count). The van der Waals surface area contributed by atoms with E-state index in [9.17, 15) is 9.59 Å². The molecule has 0 bridgehead atoms. The average Bonchev–Trinajstić information content (AvgIpc) is 3.04. The molecule has 2 saturated heterocycles. The Bertz CT molecular complexity index is 528. The van der Waals surface area contributed by atoms with Crippen molar-refractivity contribution in [1.82, 2.24) is 14.8 Å². The maximum absolute atomic E-state index is 12.5. The molecule has 1 unspecified atom stereocenters. The van der Waals surface area contributed by atoms with Gasteiger partial charge in [-0.25, -0.2) is 4.98 Å². The third kappa shape index (κ3) is 2.57. The van der Waals surface area contributed by atoms with Crippen molar-refractivity contribution in [2.24, 2.45) is 0 Å². The van der Waals surface area contributed by atoms with E-state index in [2.05, 4.69) is 4.98 Å². The number of fused-ring (bicyclic) bond motifs is 1. The molecule has 0 N–H and O–H groups in total. The Balaban J connectivity index is 1.66. The minimum absolute atomic E-state index is 0.125. The van der Waals surface area contributed by atoms with Crippen LogP contribution >= 0.6 is 11.3 Å². The molecular weight excluding hydrogens is 274 g/mol. The van der Waals surface area contributed by atoms with Gasteiger partial charge in [-0.15, -0.1) is 11.3 Å². The standard InChI is InChI=1S/C14H19N3O2S/c1-10-15-11(9-20-10)4-7-16-8-5-13(18)17-6-2-3-12(17)14(16)19/h9,12H,2-8H2,1H3. The van der Waals surface area contributed by atoms with E-state index in [0.29, 0.717) is 19.5 Å². The van der Waals surface area contributed by atoms with E-state index in [1.165, 1.54) is 0 Å². The Kier molecular flexibility index (Phi) is 3.74. The van der Waals surface area contributed by atoms with Crippen molar-refractivity contribution in [3.63, 3.8) is 0 Å². The second kappa shape index (κ2) is 5.52. The maximum atomic E-state index is 12.5. The second-order valence-electron chi connectivity index (χ2n) is 5.43. The molecule has 0 aromatic carbocycles. The molecule has 2 aliphatic heterocycles. The minimum atomic E-state index is -0.206. The highest BCUT2D eigenvalue weighted by Gasteiger charge is 2.38. The number of hydrogen-bond acceptors (Lipinski definition) is 4. The van der Waals surface area contributed by atoms with Gasteiger partial charge in [0.15, 0.2) is 0 Å². The van der Waals surface area contributed by atoms with Crippen molar-refractivity contribution in [2.75, 3.05) is 19.6 Å². The fraction of sp³-hybridized carbons (Fsp3) is 0.643. The highest BCUT2D eigenvalue weighted by molar-refractivity contribution is 7.09. The first-order chi connectivity index (χ1) is 9.65. The topological polar surface area (TPSA) is 53.5 Å². The summed E-state index contributed by atoms with van der Waals surface area (Å²) in [5, 5.41) is 3.10. The summed E-state index contributed by atoms with van der Waals surface area (Å²) in [5.74, 6) is 0.258. The van der Waals surface area contributed by atoms with Gasteiger partial charge in [0.05, 0.1) is 10.7 Å². The Morgan fingerprint density at radius 1 is 1.40 bits per heavy atom. The smallest absolute Gasteiger partial charge is 0.245 e. The van der Waals surface area contributed by atoms with Gasteiger partial charge in [-0.1, -0.05) is 0 Å². The van der Waals surface area contributed by atoms with E-state index in [1.54, 1.807) is 16.2 Å². The van der Waals surface area contributed by atoms with Crippen LogP contribution in [0, 0.1) is 6.92 Å². The Morgan fingerprint density at radius 2 is 2.25 bits per heavy atom. The molecule has 3 heterocycles. The number of nitrogens with zero attached hydrogens (tertiary/aromatic N) is 3. The summed E-state index contributed by atoms with van der Waals surface area (Å²) in [6.07, 6.45) is 2.99. The molecule has 1 aromatic heterocycles. The summed E-state index contributed by atoms with van der Waals surface area (Å²) >= 11 is 1.63. The van der Waals surface area contributed by atoms with Crippen LogP contribution in [0.4, 0.5) is 0 Å². The molecule has 5 nitrogen and oxygen atoms in total. The zero-order valence-corrected chi connectivity index (χ0v) is 12.5. The molecule has 1 aromatic rings. The SMILES string of the molecule is Cc1nc(CCN2CCC(=O)N3CCCC3C2=O)cs1. The monoisotopic (exact) mass is 293 g/mol. The molecular formula is C14H19N3O2S. The third-order valence-corrected chi connectivity index (χ3v) is 4.89. The molecule has 20 heavy (non-hydrogen) atoms. The number of thiazole rings is 1. The number of aromatic nitrogens is 1. The molecule has 2 aliphatic rings. The largest absolute Gasteiger partial charge is 0.340 e. The van der Waals surface area contributed by atoms with Gasteiger partial charge in [0.1, 0.15) is 6.04 Å². The summed E-state index contributed by atoms with van der Waals surface area (Å²) in [6.45, 7) is 3.95. The number of aryl methyl sites for hydroxylation is 1. The number of amides is 2. The minimum Gasteiger partial charge on any atom is -0.340 e. The Hall–Kier alpha value is -1.43. The number of carbonyl (C=O) groups is 2. The summed E-state index contributed by atoms with van der Waals surface area (Å²) in [5.41, 5.74) is 1.04. The lowest BCUT2D eigenvalue weighted by Gasteiger charge is -2.24. The molecule has 6 heteroatoms. The maximum Gasteiger partial charge on any atom is 0.245 e. The third-order valence-electron chi connectivity index (χ3n) is 4.07. The van der Waals surface area contributed by atoms with Crippen LogP contribution in [0.1, 0.15) is 30.0 Å². The van der Waals surface area contributed by atoms with E-state index >= 15 is 0 Å². The van der Waals surface area contributed by atoms with Crippen molar-refractivity contribution in [2.45, 2.75) is 38.6 Å². The van der Waals surface area contributed by atoms with Gasteiger partial charge in [-0.05, 0) is 19.8 Å². The first-order valence-electron chi connectivity index (χ1n) is 7.14. The molecule has 0 radical (unpaired) electrons. The highest BCUT2D eigenvalue weighted by Crippen LogP contribution is 2.23. The molecule has 2 amide bonds. The van der Waals surface area contributed by atoms with Gasteiger partial charge < -0.3 is 9.80 Å². The highest BCUT2D eigenvalue weighted by atomic mass is 32.1. The fourth-order valence-corrected chi connectivity index (χ4v) is 3.66. The quantitative estimate of drug-likeness (QED) is 0.842. The summed E-state index contributed by atoms with van der Waals surface area (Å²) < 4.78 is 0. The van der Waals surface area contributed by atoms with Crippen LogP contribution in [-0.4, -0.2) is 52.3 Å². The molecule has 0 saturated carbocycles. The van der Waals surface area contributed by atoms with Crippen LogP contribution < -0.4 is 0 Å². The van der Waals surface area contributed by atoms with Gasteiger partial charge in [-0.3, -0.25) is 9.59 Å². The Morgan fingerprint density at radius 3 is 3.00 bits per heavy atom. The average molecular weight is 293 g/mol. The first-order valence-corrected chi connectivity index (χ1v) is 8.02. The number of rotatable bonds is 3. The van der Waals surface area contributed by atoms with E-state index in [-0.39, 0.29) is 17.9 Å². The van der Waals surface area contributed by atoms with Crippen molar-refractivity contribution in [3.05, 3.63) is 16.1 Å². The lowest BCUT2D eigenvalue weighted by Crippen LogP contribution is -2.44. The van der Waals surface area contributed by atoms with Crippen LogP contribution in [0.25, 0.3) is 0 Å². The van der Waals surface area contributed by atoms with Crippen LogP contribution in [0.15, 0.2) is 5.38 Å². The molecule has 2 fully saturated rings. The predicted octanol–water partition coefficient (Wildman–Crippen LogP) is 1.22. The van der Waals surface area contributed by atoms with Crippen LogP contribution in [0.3, 0.4) is 0 Å². The normalized spacial score (nSPS) is 23.1. The van der Waals surface area contributed by atoms with Gasteiger partial charge >= 0.3 is 0 Å². The van der Waals surface area contributed by atoms with E-state index in [4.69, 9.17) is 0 Å². The lowest BCUT2D eigenvalue weighted by molar-refractivity contribution is -0.139. The van der Waals surface area contributed by atoms with Crippen molar-refractivity contribution in [1.29, 1.82) is 0 Å². The summed E-state index contributed by atoms with van der Waals surface area (Å²) in [6, 6.07) is -0.206.